The predicted molar refractivity (Wildman–Crippen MR) is 110 cm³/mol. The van der Waals surface area contributed by atoms with Gasteiger partial charge in [-0.15, -0.1) is 0 Å². The zero-order chi connectivity index (χ0) is 13.3. The van der Waals surface area contributed by atoms with Crippen LogP contribution in [0, 0.1) is 17.9 Å². The second kappa shape index (κ2) is 7.19. The minimum Gasteiger partial charge on any atom is -0.421 e. The minimum atomic E-state index is -0.381. The fourth-order valence-electron chi connectivity index (χ4n) is 0.854. The molecule has 1 rings (SSSR count). The highest BCUT2D eigenvalue weighted by atomic mass is 127. The van der Waals surface area contributed by atoms with Crippen molar-refractivity contribution in [3.63, 3.8) is 0 Å². The Kier molecular flexibility index (Phi) is 7.25. The lowest BCUT2D eigenvalue weighted by molar-refractivity contribution is -0.130. The minimum absolute atomic E-state index is 0.381. The van der Waals surface area contributed by atoms with Crippen molar-refractivity contribution in [1.82, 2.24) is 0 Å². The van der Waals surface area contributed by atoms with E-state index in [1.165, 1.54) is 3.57 Å². The molecule has 0 aliphatic carbocycles. The van der Waals surface area contributed by atoms with E-state index in [4.69, 9.17) is 4.74 Å². The van der Waals surface area contributed by atoms with Crippen molar-refractivity contribution < 1.29 is 9.53 Å². The number of hydrogen-bond acceptors (Lipinski definition) is 2. The molecule has 1 aromatic rings. The van der Waals surface area contributed by atoms with Gasteiger partial charge in [-0.2, -0.15) is 0 Å². The van der Waals surface area contributed by atoms with Crippen LogP contribution in [0.2, 0.25) is 0 Å². The quantitative estimate of drug-likeness (QED) is 0.103. The zero-order valence-corrected chi connectivity index (χ0v) is 19.2. The van der Waals surface area contributed by atoms with Crippen molar-refractivity contribution in [2.75, 3.05) is 0 Å². The van der Waals surface area contributed by atoms with E-state index in [9.17, 15) is 4.79 Å². The predicted octanol–water partition coefficient (Wildman–Crippen LogP) is 5.19. The van der Waals surface area contributed by atoms with Gasteiger partial charge in [0, 0.05) is 16.3 Å². The molecule has 0 aliphatic heterocycles. The number of benzene rings is 1. The van der Waals surface area contributed by atoms with E-state index in [1.807, 2.05) is 0 Å². The third kappa shape index (κ3) is 4.03. The van der Waals surface area contributed by atoms with Crippen LogP contribution in [0.15, 0.2) is 12.2 Å². The number of rotatable bonds is 2. The molecule has 0 atom stereocenters. The molecule has 0 bridgehead atoms. The molecular formula is C10H5I5O2. The maximum absolute atomic E-state index is 11.6. The summed E-state index contributed by atoms with van der Waals surface area (Å²) >= 11 is 11.2. The number of hydrogen-bond donors (Lipinski definition) is 0. The van der Waals surface area contributed by atoms with Crippen LogP contribution in [0.3, 0.4) is 0 Å². The van der Waals surface area contributed by atoms with Crippen LogP contribution >= 0.6 is 113 Å². The standard InChI is InChI=1S/C10H5I5O2/c1-3(2)10(16)17-9-7(14)5(12)4(11)6(13)8(9)15/h1H2,2H3. The number of esters is 1. The van der Waals surface area contributed by atoms with Gasteiger partial charge >= 0.3 is 5.97 Å². The van der Waals surface area contributed by atoms with Crippen molar-refractivity contribution >= 4 is 119 Å². The monoisotopic (exact) mass is 792 g/mol. The lowest BCUT2D eigenvalue weighted by atomic mass is 10.3. The smallest absolute Gasteiger partial charge is 0.338 e. The Hall–Kier alpha value is 2.08. The van der Waals surface area contributed by atoms with Gasteiger partial charge in [-0.05, 0) is 120 Å². The molecule has 0 aromatic heterocycles. The molecule has 0 amide bonds. The van der Waals surface area contributed by atoms with Gasteiger partial charge in [0.25, 0.3) is 0 Å². The van der Waals surface area contributed by atoms with Crippen LogP contribution in [-0.4, -0.2) is 5.97 Å². The summed E-state index contributed by atoms with van der Waals surface area (Å²) in [7, 11) is 0. The molecule has 1 aromatic carbocycles. The van der Waals surface area contributed by atoms with Crippen LogP contribution in [0.25, 0.3) is 0 Å². The molecule has 0 radical (unpaired) electrons. The summed E-state index contributed by atoms with van der Waals surface area (Å²) in [6, 6.07) is 0. The fraction of sp³-hybridized carbons (Fsp3) is 0.100. The van der Waals surface area contributed by atoms with Crippen molar-refractivity contribution in [2.24, 2.45) is 0 Å². The van der Waals surface area contributed by atoms with Crippen molar-refractivity contribution in [1.29, 1.82) is 0 Å². The summed E-state index contributed by atoms with van der Waals surface area (Å²) in [4.78, 5) is 11.6. The van der Waals surface area contributed by atoms with Gasteiger partial charge in [0.1, 0.15) is 0 Å². The van der Waals surface area contributed by atoms with E-state index < -0.39 is 0 Å². The van der Waals surface area contributed by atoms with E-state index in [0.29, 0.717) is 11.3 Å². The Labute approximate surface area is 168 Å². The first-order valence-electron chi connectivity index (χ1n) is 4.16. The summed E-state index contributed by atoms with van der Waals surface area (Å²) in [6.07, 6.45) is 0. The third-order valence-corrected chi connectivity index (χ3v) is 11.1. The number of carbonyl (C=O) groups excluding carboxylic acids is 1. The average molecular weight is 792 g/mol. The number of ether oxygens (including phenoxy) is 1. The molecule has 0 spiro atoms. The number of halogens is 5. The molecular weight excluding hydrogens is 787 g/mol. The maximum Gasteiger partial charge on any atom is 0.338 e. The largest absolute Gasteiger partial charge is 0.421 e. The Morgan fingerprint density at radius 3 is 1.65 bits per heavy atom. The Balaban J connectivity index is 3.35. The Bertz CT molecular complexity index is 481. The summed E-state index contributed by atoms with van der Waals surface area (Å²) in [5, 5.41) is 0. The van der Waals surface area contributed by atoms with E-state index in [1.54, 1.807) is 6.92 Å². The molecule has 0 heterocycles. The second-order valence-corrected chi connectivity index (χ2v) is 8.46. The molecule has 17 heavy (non-hydrogen) atoms. The molecule has 0 saturated heterocycles. The number of carbonyl (C=O) groups is 1. The lowest BCUT2D eigenvalue weighted by Gasteiger charge is -2.13. The molecule has 0 fully saturated rings. The van der Waals surface area contributed by atoms with Crippen LogP contribution in [0.4, 0.5) is 0 Å². The van der Waals surface area contributed by atoms with Crippen molar-refractivity contribution in [2.45, 2.75) is 6.92 Å². The highest BCUT2D eigenvalue weighted by molar-refractivity contribution is 14.1. The van der Waals surface area contributed by atoms with Crippen LogP contribution in [-0.2, 0) is 4.79 Å². The summed E-state index contributed by atoms with van der Waals surface area (Å²) in [6.45, 7) is 5.23. The van der Waals surface area contributed by atoms with Gasteiger partial charge in [0.15, 0.2) is 5.75 Å². The Morgan fingerprint density at radius 2 is 1.29 bits per heavy atom. The van der Waals surface area contributed by atoms with E-state index in [-0.39, 0.29) is 5.97 Å². The topological polar surface area (TPSA) is 26.3 Å². The van der Waals surface area contributed by atoms with Gasteiger partial charge < -0.3 is 4.74 Å². The van der Waals surface area contributed by atoms with Gasteiger partial charge in [-0.3, -0.25) is 0 Å². The van der Waals surface area contributed by atoms with E-state index in [0.717, 1.165) is 14.3 Å². The first-order valence-corrected chi connectivity index (χ1v) is 9.55. The zero-order valence-electron chi connectivity index (χ0n) is 8.41. The normalized spacial score (nSPS) is 10.2. The Morgan fingerprint density at radius 1 is 0.941 bits per heavy atom. The summed E-state index contributed by atoms with van der Waals surface area (Å²) in [5.74, 6) is 0.252. The van der Waals surface area contributed by atoms with Crippen molar-refractivity contribution in [3.8, 4) is 5.75 Å². The molecule has 0 N–H and O–H groups in total. The van der Waals surface area contributed by atoms with Gasteiger partial charge in [0.2, 0.25) is 0 Å². The molecule has 0 unspecified atom stereocenters. The summed E-state index contributed by atoms with van der Waals surface area (Å²) < 4.78 is 10.7. The average Bonchev–Trinajstić information content (AvgIpc) is 2.29. The molecule has 2 nitrogen and oxygen atoms in total. The SMILES string of the molecule is C=C(C)C(=O)Oc1c(I)c(I)c(I)c(I)c1I. The van der Waals surface area contributed by atoms with Crippen LogP contribution in [0.1, 0.15) is 6.92 Å². The molecule has 0 aliphatic rings. The van der Waals surface area contributed by atoms with E-state index >= 15 is 0 Å². The van der Waals surface area contributed by atoms with Gasteiger partial charge in [0.05, 0.1) is 7.14 Å². The maximum atomic E-state index is 11.6. The van der Waals surface area contributed by atoms with Crippen LogP contribution in [0.5, 0.6) is 5.75 Å². The first kappa shape index (κ1) is 17.1. The third-order valence-electron chi connectivity index (χ3n) is 1.71. The summed E-state index contributed by atoms with van der Waals surface area (Å²) in [5.41, 5.74) is 0.403. The van der Waals surface area contributed by atoms with Crippen LogP contribution < -0.4 is 4.74 Å². The second-order valence-electron chi connectivity index (χ2n) is 3.07. The molecule has 92 valence electrons. The molecule has 0 saturated carbocycles. The first-order chi connectivity index (χ1) is 7.77. The lowest BCUT2D eigenvalue weighted by Crippen LogP contribution is -2.12. The van der Waals surface area contributed by atoms with Crippen molar-refractivity contribution in [3.05, 3.63) is 30.0 Å². The highest BCUT2D eigenvalue weighted by Gasteiger charge is 2.20. The van der Waals surface area contributed by atoms with Gasteiger partial charge in [-0.25, -0.2) is 4.79 Å². The highest BCUT2D eigenvalue weighted by Crippen LogP contribution is 2.38. The van der Waals surface area contributed by atoms with E-state index in [2.05, 4.69) is 120 Å². The fourth-order valence-corrected chi connectivity index (χ4v) is 5.79. The molecule has 7 heteroatoms. The van der Waals surface area contributed by atoms with Gasteiger partial charge in [-0.1, -0.05) is 6.58 Å².